The van der Waals surface area contributed by atoms with Crippen LogP contribution in [0, 0.1) is 0 Å². The Morgan fingerprint density at radius 2 is 1.72 bits per heavy atom. The van der Waals surface area contributed by atoms with Gasteiger partial charge < -0.3 is 26.4 Å². The fourth-order valence-electron chi connectivity index (χ4n) is 2.14. The number of hydrogen-bond acceptors (Lipinski definition) is 2. The highest BCUT2D eigenvalue weighted by Gasteiger charge is 2.19. The Morgan fingerprint density at radius 1 is 1.11 bits per heavy atom. The van der Waals surface area contributed by atoms with E-state index in [-0.39, 0.29) is 12.4 Å². The van der Waals surface area contributed by atoms with Gasteiger partial charge in [-0.25, -0.2) is 0 Å². The molecule has 0 heterocycles. The first kappa shape index (κ1) is 17.1. The highest BCUT2D eigenvalue weighted by molar-refractivity contribution is 5.42. The van der Waals surface area contributed by atoms with Gasteiger partial charge in [0.2, 0.25) is 0 Å². The molecule has 0 bridgehead atoms. The second-order valence-corrected chi connectivity index (χ2v) is 5.48. The topological polar surface area (TPSA) is 18.5 Å². The second-order valence-electron chi connectivity index (χ2n) is 5.48. The third-order valence-corrected chi connectivity index (χ3v) is 2.79. The number of halogens is 1. The predicted molar refractivity (Wildman–Crippen MR) is 70.9 cm³/mol. The van der Waals surface area contributed by atoms with Gasteiger partial charge in [-0.05, 0) is 18.2 Å². The summed E-state index contributed by atoms with van der Waals surface area (Å²) in [6, 6.07) is 5.97. The van der Waals surface area contributed by atoms with Crippen molar-refractivity contribution in [3.63, 3.8) is 0 Å². The van der Waals surface area contributed by atoms with Gasteiger partial charge in [-0.15, -0.1) is 0 Å². The lowest BCUT2D eigenvalue weighted by molar-refractivity contribution is -0.871. The highest BCUT2D eigenvalue weighted by atomic mass is 35.5. The molecule has 0 saturated heterocycles. The lowest BCUT2D eigenvalue weighted by Crippen LogP contribution is -3.00. The van der Waals surface area contributed by atoms with E-state index in [0.717, 1.165) is 22.5 Å². The molecule has 0 aliphatic heterocycles. The van der Waals surface area contributed by atoms with E-state index in [2.05, 4.69) is 34.1 Å². The van der Waals surface area contributed by atoms with Crippen LogP contribution in [0.5, 0.6) is 11.5 Å². The van der Waals surface area contributed by atoms with E-state index < -0.39 is 0 Å². The van der Waals surface area contributed by atoms with E-state index in [1.54, 1.807) is 14.2 Å². The van der Waals surface area contributed by atoms with E-state index in [0.29, 0.717) is 5.92 Å². The first-order valence-electron chi connectivity index (χ1n) is 5.89. The van der Waals surface area contributed by atoms with Crippen LogP contribution in [0.1, 0.15) is 18.4 Å². The molecule has 0 aromatic heterocycles. The van der Waals surface area contributed by atoms with Crippen LogP contribution in [0.15, 0.2) is 18.2 Å². The van der Waals surface area contributed by atoms with Gasteiger partial charge in [0.25, 0.3) is 0 Å². The summed E-state index contributed by atoms with van der Waals surface area (Å²) in [5.74, 6) is 2.25. The number of hydrogen-bond donors (Lipinski definition) is 0. The smallest absolute Gasteiger partial charge is 0.122 e. The fourth-order valence-corrected chi connectivity index (χ4v) is 2.14. The summed E-state index contributed by atoms with van der Waals surface area (Å²) in [5.41, 5.74) is 1.21. The number of ether oxygens (including phenoxy) is 2. The molecule has 1 atom stereocenters. The van der Waals surface area contributed by atoms with Crippen molar-refractivity contribution >= 4 is 0 Å². The summed E-state index contributed by atoms with van der Waals surface area (Å²) in [5, 5.41) is 0. The number of methoxy groups -OCH3 is 2. The fraction of sp³-hybridized carbons (Fsp3) is 0.571. The van der Waals surface area contributed by atoms with E-state index in [4.69, 9.17) is 9.47 Å². The molecule has 18 heavy (non-hydrogen) atoms. The Balaban J connectivity index is 0.00000289. The van der Waals surface area contributed by atoms with E-state index in [1.807, 2.05) is 12.1 Å². The first-order chi connectivity index (χ1) is 7.87. The summed E-state index contributed by atoms with van der Waals surface area (Å²) < 4.78 is 11.6. The molecule has 0 radical (unpaired) electrons. The van der Waals surface area contributed by atoms with Crippen molar-refractivity contribution in [1.29, 1.82) is 0 Å². The second kappa shape index (κ2) is 6.86. The average molecular weight is 274 g/mol. The SMILES string of the molecule is COc1ccc(OC)c(C(C)C[N+](C)(C)C)c1.[Cl-]. The van der Waals surface area contributed by atoms with Crippen LogP contribution in [0.4, 0.5) is 0 Å². The molecule has 104 valence electrons. The zero-order valence-corrected chi connectivity index (χ0v) is 12.9. The molecule has 0 aliphatic carbocycles. The third kappa shape index (κ3) is 4.75. The summed E-state index contributed by atoms with van der Waals surface area (Å²) >= 11 is 0. The maximum Gasteiger partial charge on any atom is 0.122 e. The Bertz CT molecular complexity index is 375. The first-order valence-corrected chi connectivity index (χ1v) is 5.89. The van der Waals surface area contributed by atoms with Crippen molar-refractivity contribution < 1.29 is 26.4 Å². The summed E-state index contributed by atoms with van der Waals surface area (Å²) in [6.07, 6.45) is 0. The van der Waals surface area contributed by atoms with E-state index in [1.165, 1.54) is 5.56 Å². The Morgan fingerprint density at radius 3 is 2.17 bits per heavy atom. The van der Waals surface area contributed by atoms with Crippen LogP contribution in [0.2, 0.25) is 0 Å². The van der Waals surface area contributed by atoms with Crippen molar-refractivity contribution in [3.8, 4) is 11.5 Å². The number of nitrogens with zero attached hydrogens (tertiary/aromatic N) is 1. The molecule has 3 nitrogen and oxygen atoms in total. The van der Waals surface area contributed by atoms with Crippen molar-refractivity contribution in [1.82, 2.24) is 0 Å². The Kier molecular flexibility index (Phi) is 6.50. The molecule has 1 aromatic rings. The molecule has 0 saturated carbocycles. The predicted octanol–water partition coefficient (Wildman–Crippen LogP) is -0.482. The number of rotatable bonds is 5. The van der Waals surface area contributed by atoms with Gasteiger partial charge in [0.1, 0.15) is 11.5 Å². The van der Waals surface area contributed by atoms with Crippen molar-refractivity contribution in [3.05, 3.63) is 23.8 Å². The van der Waals surface area contributed by atoms with Gasteiger partial charge in [0.15, 0.2) is 0 Å². The van der Waals surface area contributed by atoms with Crippen LogP contribution in [0.25, 0.3) is 0 Å². The number of benzene rings is 1. The van der Waals surface area contributed by atoms with Crippen molar-refractivity contribution in [2.45, 2.75) is 12.8 Å². The molecule has 0 amide bonds. The van der Waals surface area contributed by atoms with Crippen LogP contribution in [0.3, 0.4) is 0 Å². The van der Waals surface area contributed by atoms with Gasteiger partial charge in [-0.2, -0.15) is 0 Å². The molecule has 0 N–H and O–H groups in total. The maximum absolute atomic E-state index is 5.42. The number of quaternary nitrogens is 1. The van der Waals surface area contributed by atoms with Gasteiger partial charge >= 0.3 is 0 Å². The average Bonchev–Trinajstić information content (AvgIpc) is 2.25. The number of likely N-dealkylation sites (N-methyl/N-ethyl adjacent to an activating group) is 1. The lowest BCUT2D eigenvalue weighted by atomic mass is 9.98. The highest BCUT2D eigenvalue weighted by Crippen LogP contribution is 2.31. The molecule has 1 unspecified atom stereocenters. The maximum atomic E-state index is 5.42. The molecule has 0 fully saturated rings. The Hall–Kier alpha value is -0.930. The quantitative estimate of drug-likeness (QED) is 0.675. The molecule has 0 aliphatic rings. The van der Waals surface area contributed by atoms with Gasteiger partial charge in [-0.3, -0.25) is 0 Å². The zero-order valence-electron chi connectivity index (χ0n) is 12.2. The Labute approximate surface area is 117 Å². The minimum Gasteiger partial charge on any atom is -1.00 e. The lowest BCUT2D eigenvalue weighted by Gasteiger charge is -2.28. The van der Waals surface area contributed by atoms with Crippen LogP contribution in [-0.4, -0.2) is 46.4 Å². The molecular formula is C14H24ClNO2. The molecule has 1 aromatic carbocycles. The van der Waals surface area contributed by atoms with Gasteiger partial charge in [0, 0.05) is 11.5 Å². The molecule has 0 spiro atoms. The van der Waals surface area contributed by atoms with Gasteiger partial charge in [0.05, 0.1) is 41.9 Å². The summed E-state index contributed by atoms with van der Waals surface area (Å²) in [4.78, 5) is 0. The molecule has 1 rings (SSSR count). The third-order valence-electron chi connectivity index (χ3n) is 2.79. The summed E-state index contributed by atoms with van der Waals surface area (Å²) in [7, 11) is 10.00. The molecular weight excluding hydrogens is 250 g/mol. The minimum atomic E-state index is 0. The van der Waals surface area contributed by atoms with Crippen LogP contribution in [-0.2, 0) is 0 Å². The minimum absolute atomic E-state index is 0. The monoisotopic (exact) mass is 273 g/mol. The largest absolute Gasteiger partial charge is 1.00 e. The van der Waals surface area contributed by atoms with Gasteiger partial charge in [-0.1, -0.05) is 6.92 Å². The van der Waals surface area contributed by atoms with Crippen LogP contribution >= 0.6 is 0 Å². The normalized spacial score (nSPS) is 12.6. The van der Waals surface area contributed by atoms with Crippen LogP contribution < -0.4 is 21.9 Å². The standard InChI is InChI=1S/C14H24NO2.ClH/c1-11(10-15(2,3)4)13-9-12(16-5)7-8-14(13)17-6;/h7-9,11H,10H2,1-6H3;1H/q+1;/p-1. The van der Waals surface area contributed by atoms with E-state index >= 15 is 0 Å². The zero-order chi connectivity index (χ0) is 13.1. The van der Waals surface area contributed by atoms with E-state index in [9.17, 15) is 0 Å². The summed E-state index contributed by atoms with van der Waals surface area (Å²) in [6.45, 7) is 3.28. The van der Waals surface area contributed by atoms with Crippen molar-refractivity contribution in [2.24, 2.45) is 0 Å². The van der Waals surface area contributed by atoms with Crippen molar-refractivity contribution in [2.75, 3.05) is 41.9 Å². The molecule has 4 heteroatoms.